The van der Waals surface area contributed by atoms with Crippen molar-refractivity contribution in [1.29, 1.82) is 0 Å². The standard InChI is InChI=1S/C12H16ClNO3S/c1-4-12(2,3)14-11(15)9-7-5-6-8-10(9)18(13,16)17/h5-8H,4H2,1-3H3,(H,14,15). The van der Waals surface area contributed by atoms with Crippen molar-refractivity contribution < 1.29 is 13.2 Å². The molecule has 0 aliphatic carbocycles. The van der Waals surface area contributed by atoms with Gasteiger partial charge in [0, 0.05) is 16.2 Å². The molecule has 0 aliphatic rings. The van der Waals surface area contributed by atoms with Crippen LogP contribution in [0.3, 0.4) is 0 Å². The summed E-state index contributed by atoms with van der Waals surface area (Å²) < 4.78 is 22.8. The molecule has 0 saturated heterocycles. The lowest BCUT2D eigenvalue weighted by Gasteiger charge is -2.24. The smallest absolute Gasteiger partial charge is 0.262 e. The van der Waals surface area contributed by atoms with Crippen molar-refractivity contribution in [2.75, 3.05) is 0 Å². The Morgan fingerprint density at radius 1 is 1.33 bits per heavy atom. The number of hydrogen-bond donors (Lipinski definition) is 1. The minimum atomic E-state index is -3.93. The van der Waals surface area contributed by atoms with Crippen molar-refractivity contribution in [3.8, 4) is 0 Å². The van der Waals surface area contributed by atoms with Crippen molar-refractivity contribution in [2.45, 2.75) is 37.6 Å². The molecule has 0 aromatic heterocycles. The van der Waals surface area contributed by atoms with Gasteiger partial charge in [-0.25, -0.2) is 8.42 Å². The first-order chi connectivity index (χ1) is 8.17. The van der Waals surface area contributed by atoms with Crippen LogP contribution in [0, 0.1) is 0 Å². The van der Waals surface area contributed by atoms with Gasteiger partial charge in [0.2, 0.25) is 0 Å². The van der Waals surface area contributed by atoms with Crippen LogP contribution in [0.4, 0.5) is 0 Å². The average Bonchev–Trinajstić information content (AvgIpc) is 2.27. The van der Waals surface area contributed by atoms with Gasteiger partial charge in [-0.1, -0.05) is 19.1 Å². The van der Waals surface area contributed by atoms with E-state index in [2.05, 4.69) is 5.32 Å². The van der Waals surface area contributed by atoms with E-state index in [-0.39, 0.29) is 10.5 Å². The maximum atomic E-state index is 12.1. The minimum Gasteiger partial charge on any atom is -0.347 e. The Hall–Kier alpha value is -1.07. The molecule has 0 spiro atoms. The Kier molecular flexibility index (Phi) is 4.40. The van der Waals surface area contributed by atoms with E-state index >= 15 is 0 Å². The Bertz CT molecular complexity index is 552. The lowest BCUT2D eigenvalue weighted by molar-refractivity contribution is 0.0908. The Morgan fingerprint density at radius 3 is 2.39 bits per heavy atom. The molecule has 18 heavy (non-hydrogen) atoms. The molecular weight excluding hydrogens is 274 g/mol. The van der Waals surface area contributed by atoms with Gasteiger partial charge in [0.05, 0.1) is 10.5 Å². The van der Waals surface area contributed by atoms with Gasteiger partial charge in [0.1, 0.15) is 0 Å². The van der Waals surface area contributed by atoms with E-state index in [1.54, 1.807) is 6.07 Å². The van der Waals surface area contributed by atoms with Gasteiger partial charge in [-0.05, 0) is 32.4 Å². The van der Waals surface area contributed by atoms with Gasteiger partial charge in [-0.2, -0.15) is 0 Å². The number of carbonyl (C=O) groups is 1. The summed E-state index contributed by atoms with van der Waals surface area (Å²) in [7, 11) is 1.38. The third kappa shape index (κ3) is 3.71. The highest BCUT2D eigenvalue weighted by atomic mass is 35.7. The van der Waals surface area contributed by atoms with Crippen LogP contribution >= 0.6 is 10.7 Å². The lowest BCUT2D eigenvalue weighted by Crippen LogP contribution is -2.43. The van der Waals surface area contributed by atoms with Crippen LogP contribution in [0.1, 0.15) is 37.6 Å². The largest absolute Gasteiger partial charge is 0.347 e. The summed E-state index contributed by atoms with van der Waals surface area (Å²) in [5, 5.41) is 2.77. The summed E-state index contributed by atoms with van der Waals surface area (Å²) in [6, 6.07) is 5.88. The van der Waals surface area contributed by atoms with Gasteiger partial charge < -0.3 is 5.32 Å². The molecule has 0 unspecified atom stereocenters. The van der Waals surface area contributed by atoms with Gasteiger partial charge in [-0.3, -0.25) is 4.79 Å². The summed E-state index contributed by atoms with van der Waals surface area (Å²) in [4.78, 5) is 11.9. The van der Waals surface area contributed by atoms with Crippen LogP contribution in [0.15, 0.2) is 29.2 Å². The van der Waals surface area contributed by atoms with E-state index < -0.39 is 20.5 Å². The molecule has 6 heteroatoms. The number of rotatable bonds is 4. The number of amides is 1. The molecule has 1 amide bonds. The molecule has 1 N–H and O–H groups in total. The van der Waals surface area contributed by atoms with Crippen LogP contribution in [0.5, 0.6) is 0 Å². The fraction of sp³-hybridized carbons (Fsp3) is 0.417. The van der Waals surface area contributed by atoms with Crippen molar-refractivity contribution >= 4 is 25.6 Å². The molecule has 0 heterocycles. The SMILES string of the molecule is CCC(C)(C)NC(=O)c1ccccc1S(=O)(=O)Cl. The van der Waals surface area contributed by atoms with E-state index in [0.717, 1.165) is 6.42 Å². The molecule has 0 fully saturated rings. The molecule has 0 atom stereocenters. The van der Waals surface area contributed by atoms with Gasteiger partial charge >= 0.3 is 0 Å². The second kappa shape index (κ2) is 5.28. The number of nitrogens with one attached hydrogen (secondary N) is 1. The van der Waals surface area contributed by atoms with E-state index in [1.165, 1.54) is 18.2 Å². The third-order valence-corrected chi connectivity index (χ3v) is 4.11. The third-order valence-electron chi connectivity index (χ3n) is 2.73. The Labute approximate surface area is 112 Å². The van der Waals surface area contributed by atoms with Crippen LogP contribution < -0.4 is 5.32 Å². The number of hydrogen-bond acceptors (Lipinski definition) is 3. The second-order valence-electron chi connectivity index (χ2n) is 4.63. The maximum absolute atomic E-state index is 12.1. The topological polar surface area (TPSA) is 63.2 Å². The van der Waals surface area contributed by atoms with Crippen LogP contribution in [-0.4, -0.2) is 19.9 Å². The molecule has 1 aromatic carbocycles. The lowest BCUT2D eigenvalue weighted by atomic mass is 10.0. The van der Waals surface area contributed by atoms with Gasteiger partial charge in [0.15, 0.2) is 0 Å². The predicted octanol–water partition coefficient (Wildman–Crippen LogP) is 2.53. The molecule has 0 bridgehead atoms. The fourth-order valence-corrected chi connectivity index (χ4v) is 2.40. The first-order valence-corrected chi connectivity index (χ1v) is 7.84. The van der Waals surface area contributed by atoms with Crippen molar-refractivity contribution in [3.05, 3.63) is 29.8 Å². The first-order valence-electron chi connectivity index (χ1n) is 5.53. The average molecular weight is 290 g/mol. The van der Waals surface area contributed by atoms with E-state index in [0.29, 0.717) is 0 Å². The number of halogens is 1. The van der Waals surface area contributed by atoms with Crippen molar-refractivity contribution in [2.24, 2.45) is 0 Å². The van der Waals surface area contributed by atoms with Gasteiger partial charge in [-0.15, -0.1) is 0 Å². The van der Waals surface area contributed by atoms with Crippen LogP contribution in [-0.2, 0) is 9.05 Å². The molecule has 0 radical (unpaired) electrons. The Balaban J connectivity index is 3.16. The van der Waals surface area contributed by atoms with Gasteiger partial charge in [0.25, 0.3) is 15.0 Å². The van der Waals surface area contributed by atoms with E-state index in [9.17, 15) is 13.2 Å². The fourth-order valence-electron chi connectivity index (χ4n) is 1.33. The van der Waals surface area contributed by atoms with Crippen LogP contribution in [0.2, 0.25) is 0 Å². The number of benzene rings is 1. The molecule has 1 aromatic rings. The maximum Gasteiger partial charge on any atom is 0.262 e. The minimum absolute atomic E-state index is 0.0639. The molecule has 0 saturated carbocycles. The zero-order chi connectivity index (χ0) is 14.0. The van der Waals surface area contributed by atoms with Crippen LogP contribution in [0.25, 0.3) is 0 Å². The van der Waals surface area contributed by atoms with E-state index in [1.807, 2.05) is 20.8 Å². The summed E-state index contributed by atoms with van der Waals surface area (Å²) in [6.45, 7) is 5.66. The monoisotopic (exact) mass is 289 g/mol. The Morgan fingerprint density at radius 2 is 1.89 bits per heavy atom. The highest BCUT2D eigenvalue weighted by molar-refractivity contribution is 8.13. The van der Waals surface area contributed by atoms with E-state index in [4.69, 9.17) is 10.7 Å². The summed E-state index contributed by atoms with van der Waals surface area (Å²) in [6.07, 6.45) is 0.731. The van der Waals surface area contributed by atoms with Crippen molar-refractivity contribution in [3.63, 3.8) is 0 Å². The molecule has 100 valence electrons. The summed E-state index contributed by atoms with van der Waals surface area (Å²) >= 11 is 0. The predicted molar refractivity (Wildman–Crippen MR) is 71.3 cm³/mol. The highest BCUT2D eigenvalue weighted by Gasteiger charge is 2.24. The molecule has 1 rings (SSSR count). The highest BCUT2D eigenvalue weighted by Crippen LogP contribution is 2.20. The molecular formula is C12H16ClNO3S. The first kappa shape index (κ1) is 15.0. The molecule has 0 aliphatic heterocycles. The van der Waals surface area contributed by atoms with Crippen molar-refractivity contribution in [1.82, 2.24) is 5.32 Å². The quantitative estimate of drug-likeness (QED) is 0.866. The molecule has 4 nitrogen and oxygen atoms in total. The summed E-state index contributed by atoms with van der Waals surface area (Å²) in [5.74, 6) is -0.443. The summed E-state index contributed by atoms with van der Waals surface area (Å²) in [5.41, 5.74) is -0.339. The zero-order valence-corrected chi connectivity index (χ0v) is 12.1. The normalized spacial score (nSPS) is 12.2. The number of carbonyl (C=O) groups excluding carboxylic acids is 1. The second-order valence-corrected chi connectivity index (χ2v) is 7.16. The zero-order valence-electron chi connectivity index (χ0n) is 10.5.